The van der Waals surface area contributed by atoms with Crippen LogP contribution in [0.1, 0.15) is 38.9 Å². The zero-order valence-electron chi connectivity index (χ0n) is 16.3. The molecule has 0 unspecified atom stereocenters. The Morgan fingerprint density at radius 2 is 1.87 bits per heavy atom. The van der Waals surface area contributed by atoms with Crippen molar-refractivity contribution in [1.29, 1.82) is 0 Å². The molecule has 0 spiro atoms. The third-order valence-corrected chi connectivity index (χ3v) is 5.73. The molecule has 2 heterocycles. The molecule has 1 fully saturated rings. The van der Waals surface area contributed by atoms with Gasteiger partial charge < -0.3 is 9.64 Å². The Balaban J connectivity index is 1.63. The molecule has 30 heavy (non-hydrogen) atoms. The lowest BCUT2D eigenvalue weighted by Gasteiger charge is -2.17. The Hall–Kier alpha value is -2.64. The Morgan fingerprint density at radius 3 is 2.53 bits per heavy atom. The first-order valence-electron chi connectivity index (χ1n) is 9.30. The third kappa shape index (κ3) is 3.63. The van der Waals surface area contributed by atoms with Crippen molar-refractivity contribution < 1.29 is 18.7 Å². The molecule has 1 aromatic heterocycles. The Morgan fingerprint density at radius 1 is 1.17 bits per heavy atom. The van der Waals surface area contributed by atoms with Gasteiger partial charge in [0.05, 0.1) is 29.9 Å². The summed E-state index contributed by atoms with van der Waals surface area (Å²) in [4.78, 5) is 26.4. The minimum Gasteiger partial charge on any atom is -0.465 e. The summed E-state index contributed by atoms with van der Waals surface area (Å²) >= 11 is 12.0. The normalized spacial score (nSPS) is 16.3. The highest BCUT2D eigenvalue weighted by Gasteiger charge is 2.30. The molecule has 1 aliphatic rings. The van der Waals surface area contributed by atoms with Gasteiger partial charge in [0, 0.05) is 40.2 Å². The van der Waals surface area contributed by atoms with E-state index in [9.17, 15) is 14.0 Å². The lowest BCUT2D eigenvalue weighted by Crippen LogP contribution is -2.29. The van der Waals surface area contributed by atoms with Gasteiger partial charge in [0.15, 0.2) is 0 Å². The van der Waals surface area contributed by atoms with E-state index in [-0.39, 0.29) is 17.5 Å². The average Bonchev–Trinajstić information content (AvgIpc) is 3.30. The summed E-state index contributed by atoms with van der Waals surface area (Å²) < 4.78 is 20.9. The van der Waals surface area contributed by atoms with Crippen LogP contribution in [0.25, 0.3) is 10.9 Å². The number of esters is 1. The number of ether oxygens (including phenoxy) is 1. The number of halogens is 3. The van der Waals surface area contributed by atoms with Crippen LogP contribution in [0.5, 0.6) is 0 Å². The summed E-state index contributed by atoms with van der Waals surface area (Å²) in [5, 5.41) is 6.01. The second-order valence-electron chi connectivity index (χ2n) is 7.22. The van der Waals surface area contributed by atoms with Crippen LogP contribution in [0.15, 0.2) is 30.3 Å². The number of aromatic nitrogens is 2. The Bertz CT molecular complexity index is 1160. The quantitative estimate of drug-likeness (QED) is 0.545. The topological polar surface area (TPSA) is 64.4 Å². The molecule has 0 saturated carbocycles. The number of carbonyl (C=O) groups excluding carboxylic acids is 2. The van der Waals surface area contributed by atoms with Crippen molar-refractivity contribution in [3.8, 4) is 0 Å². The molecule has 0 aliphatic carbocycles. The SMILES string of the molecule is COC(=O)c1cc2c(C)nn([C@@H]3CCN(C(=O)c4cc(Cl)cc(Cl)c4)C3)c2cc1F. The molecule has 4 rings (SSSR count). The number of carbonyl (C=O) groups is 2. The van der Waals surface area contributed by atoms with E-state index in [2.05, 4.69) is 9.84 Å². The van der Waals surface area contributed by atoms with Crippen LogP contribution in [-0.4, -0.2) is 46.8 Å². The van der Waals surface area contributed by atoms with E-state index in [1.165, 1.54) is 19.2 Å². The van der Waals surface area contributed by atoms with E-state index in [1.54, 1.807) is 34.7 Å². The number of likely N-dealkylation sites (tertiary alicyclic amines) is 1. The predicted molar refractivity (Wildman–Crippen MR) is 112 cm³/mol. The van der Waals surface area contributed by atoms with E-state index in [0.717, 1.165) is 0 Å². The van der Waals surface area contributed by atoms with Gasteiger partial charge in [0.1, 0.15) is 5.82 Å². The van der Waals surface area contributed by atoms with Crippen molar-refractivity contribution in [2.24, 2.45) is 0 Å². The highest BCUT2D eigenvalue weighted by molar-refractivity contribution is 6.35. The van der Waals surface area contributed by atoms with E-state index >= 15 is 0 Å². The first-order valence-corrected chi connectivity index (χ1v) is 10.1. The molecule has 6 nitrogen and oxygen atoms in total. The van der Waals surface area contributed by atoms with Gasteiger partial charge in [-0.3, -0.25) is 9.48 Å². The summed E-state index contributed by atoms with van der Waals surface area (Å²) in [6.07, 6.45) is 0.663. The van der Waals surface area contributed by atoms with E-state index in [1.807, 2.05) is 0 Å². The van der Waals surface area contributed by atoms with E-state index in [4.69, 9.17) is 23.2 Å². The third-order valence-electron chi connectivity index (χ3n) is 5.29. The maximum absolute atomic E-state index is 14.5. The Labute approximate surface area is 182 Å². The van der Waals surface area contributed by atoms with E-state index < -0.39 is 11.8 Å². The summed E-state index contributed by atoms with van der Waals surface area (Å²) in [7, 11) is 1.21. The predicted octanol–water partition coefficient (Wildman–Crippen LogP) is 4.66. The number of aryl methyl sites for hydroxylation is 1. The monoisotopic (exact) mass is 449 g/mol. The van der Waals surface area contributed by atoms with Crippen molar-refractivity contribution in [3.63, 3.8) is 0 Å². The summed E-state index contributed by atoms with van der Waals surface area (Å²) in [5.41, 5.74) is 1.53. The minimum atomic E-state index is -0.737. The number of methoxy groups -OCH3 is 1. The van der Waals surface area contributed by atoms with Crippen LogP contribution in [0, 0.1) is 12.7 Å². The van der Waals surface area contributed by atoms with Crippen molar-refractivity contribution in [2.45, 2.75) is 19.4 Å². The maximum Gasteiger partial charge on any atom is 0.340 e. The van der Waals surface area contributed by atoms with Crippen LogP contribution in [0.2, 0.25) is 10.0 Å². The smallest absolute Gasteiger partial charge is 0.340 e. The van der Waals surface area contributed by atoms with Gasteiger partial charge in [-0.25, -0.2) is 9.18 Å². The molecule has 1 atom stereocenters. The van der Waals surface area contributed by atoms with E-state index in [0.29, 0.717) is 51.7 Å². The molecular weight excluding hydrogens is 432 g/mol. The highest BCUT2D eigenvalue weighted by Crippen LogP contribution is 2.30. The Kier molecular flexibility index (Phi) is 5.42. The van der Waals surface area contributed by atoms with Crippen molar-refractivity contribution in [2.75, 3.05) is 20.2 Å². The van der Waals surface area contributed by atoms with Gasteiger partial charge >= 0.3 is 5.97 Å². The second-order valence-corrected chi connectivity index (χ2v) is 8.10. The fourth-order valence-corrected chi connectivity index (χ4v) is 4.37. The van der Waals surface area contributed by atoms with Crippen LogP contribution in [-0.2, 0) is 4.74 Å². The molecule has 2 aromatic carbocycles. The molecule has 1 saturated heterocycles. The summed E-state index contributed by atoms with van der Waals surface area (Å²) in [5.74, 6) is -1.58. The highest BCUT2D eigenvalue weighted by atomic mass is 35.5. The molecule has 0 N–H and O–H groups in total. The van der Waals surface area contributed by atoms with Gasteiger partial charge in [-0.2, -0.15) is 5.10 Å². The van der Waals surface area contributed by atoms with Crippen LogP contribution in [0.4, 0.5) is 4.39 Å². The molecule has 1 aliphatic heterocycles. The number of benzene rings is 2. The molecule has 9 heteroatoms. The number of amides is 1. The minimum absolute atomic E-state index is 0.122. The van der Waals surface area contributed by atoms with Crippen LogP contribution < -0.4 is 0 Å². The fraction of sp³-hybridized carbons (Fsp3) is 0.286. The zero-order chi connectivity index (χ0) is 21.6. The van der Waals surface area contributed by atoms with Gasteiger partial charge in [0.25, 0.3) is 5.91 Å². The number of hydrogen-bond acceptors (Lipinski definition) is 4. The molecule has 0 radical (unpaired) electrons. The second kappa shape index (κ2) is 7.89. The largest absolute Gasteiger partial charge is 0.465 e. The van der Waals surface area contributed by atoms with Gasteiger partial charge in [0.2, 0.25) is 0 Å². The summed E-state index contributed by atoms with van der Waals surface area (Å²) in [6, 6.07) is 7.37. The van der Waals surface area contributed by atoms with Crippen LogP contribution in [0.3, 0.4) is 0 Å². The number of hydrogen-bond donors (Lipinski definition) is 0. The summed E-state index contributed by atoms with van der Waals surface area (Å²) in [6.45, 7) is 2.74. The van der Waals surface area contributed by atoms with Crippen molar-refractivity contribution >= 4 is 46.0 Å². The number of nitrogens with zero attached hydrogens (tertiary/aromatic N) is 3. The van der Waals surface area contributed by atoms with Crippen molar-refractivity contribution in [1.82, 2.24) is 14.7 Å². The fourth-order valence-electron chi connectivity index (χ4n) is 3.84. The zero-order valence-corrected chi connectivity index (χ0v) is 17.8. The van der Waals surface area contributed by atoms with Crippen LogP contribution >= 0.6 is 23.2 Å². The lowest BCUT2D eigenvalue weighted by atomic mass is 10.1. The number of fused-ring (bicyclic) bond motifs is 1. The maximum atomic E-state index is 14.5. The van der Waals surface area contributed by atoms with Gasteiger partial charge in [-0.1, -0.05) is 23.2 Å². The van der Waals surface area contributed by atoms with Gasteiger partial charge in [-0.15, -0.1) is 0 Å². The van der Waals surface area contributed by atoms with Crippen molar-refractivity contribution in [3.05, 3.63) is 63.0 Å². The standard InChI is InChI=1S/C21H18Cl2FN3O3/c1-11-16-8-17(21(29)30-2)18(24)9-19(16)27(25-11)15-3-4-26(10-15)20(28)12-5-13(22)7-14(23)6-12/h5-9,15H,3-4,10H2,1-2H3/t15-/m1/s1. The first-order chi connectivity index (χ1) is 14.3. The molecule has 0 bridgehead atoms. The molecule has 1 amide bonds. The number of rotatable bonds is 3. The molecule has 156 valence electrons. The average molecular weight is 450 g/mol. The molecule has 3 aromatic rings. The van der Waals surface area contributed by atoms with Gasteiger partial charge in [-0.05, 0) is 37.6 Å². The molecular formula is C21H18Cl2FN3O3. The lowest BCUT2D eigenvalue weighted by molar-refractivity contribution is 0.0595. The first kappa shape index (κ1) is 20.6.